The molecule has 0 aromatic heterocycles. The number of likely N-dealkylation sites (tertiary alicyclic amines) is 2. The molecular formula is C28H33FN2O3. The van der Waals surface area contributed by atoms with Crippen LogP contribution in [-0.4, -0.2) is 46.9 Å². The molecule has 0 unspecified atom stereocenters. The molecule has 0 aliphatic carbocycles. The smallest absolute Gasteiger partial charge is 0.232 e. The first-order valence-electron chi connectivity index (χ1n) is 12.5. The number of carbonyl (C=O) groups is 1. The highest BCUT2D eigenvalue weighted by Crippen LogP contribution is 2.45. The molecular weight excluding hydrogens is 431 g/mol. The van der Waals surface area contributed by atoms with Crippen molar-refractivity contribution in [3.05, 3.63) is 63.7 Å². The first-order chi connectivity index (χ1) is 16.5. The second kappa shape index (κ2) is 9.88. The minimum Gasteiger partial charge on any atom is -0.507 e. The summed E-state index contributed by atoms with van der Waals surface area (Å²) in [5.74, 6) is 0.150. The molecule has 6 heteroatoms. The molecule has 5 rings (SSSR count). The second-order valence-electron chi connectivity index (χ2n) is 9.77. The van der Waals surface area contributed by atoms with Crippen LogP contribution in [-0.2, 0) is 13.1 Å². The Kier molecular flexibility index (Phi) is 6.70. The maximum absolute atomic E-state index is 14.3. The zero-order valence-electron chi connectivity index (χ0n) is 19.9. The Hall–Kier alpha value is -2.70. The van der Waals surface area contributed by atoms with E-state index in [0.717, 1.165) is 63.0 Å². The molecule has 3 heterocycles. The van der Waals surface area contributed by atoms with Gasteiger partial charge in [-0.3, -0.25) is 14.6 Å². The Bertz CT molecular complexity index is 1120. The number of phenolic OH excluding ortho intramolecular Hbond substituents is 1. The van der Waals surface area contributed by atoms with Gasteiger partial charge in [0.1, 0.15) is 17.3 Å². The normalized spacial score (nSPS) is 20.5. The van der Waals surface area contributed by atoms with Gasteiger partial charge >= 0.3 is 0 Å². The van der Waals surface area contributed by atoms with Crippen LogP contribution in [0.5, 0.6) is 11.5 Å². The van der Waals surface area contributed by atoms with Crippen LogP contribution in [0.4, 0.5) is 4.39 Å². The highest BCUT2D eigenvalue weighted by molar-refractivity contribution is 6.16. The molecule has 0 spiro atoms. The van der Waals surface area contributed by atoms with Gasteiger partial charge in [0.25, 0.3) is 0 Å². The topological polar surface area (TPSA) is 53.0 Å². The fourth-order valence-electron chi connectivity index (χ4n) is 5.46. The standard InChI is InChI=1S/C28H33FN2O3/c1-19-21(17-30-12-6-2-7-13-30)26(32)22(18-31-14-8-3-9-15-31)28-25(19)27(33)24(34-28)16-20-10-4-5-11-23(20)29/h4-5,10-11,16,32H,2-3,6-9,12-15,17-18H2,1H3/b24-16-. The van der Waals surface area contributed by atoms with Gasteiger partial charge in [0.15, 0.2) is 5.76 Å². The third kappa shape index (κ3) is 4.49. The molecule has 3 aliphatic rings. The molecule has 3 aliphatic heterocycles. The number of hydrogen-bond donors (Lipinski definition) is 1. The van der Waals surface area contributed by atoms with Gasteiger partial charge in [-0.2, -0.15) is 0 Å². The van der Waals surface area contributed by atoms with Gasteiger partial charge in [0, 0.05) is 24.2 Å². The first kappa shape index (κ1) is 23.1. The summed E-state index contributed by atoms with van der Waals surface area (Å²) in [6.45, 7) is 7.00. The zero-order chi connectivity index (χ0) is 23.7. The monoisotopic (exact) mass is 464 g/mol. The maximum atomic E-state index is 14.3. The van der Waals surface area contributed by atoms with E-state index in [-0.39, 0.29) is 17.3 Å². The molecule has 1 N–H and O–H groups in total. The molecule has 0 bridgehead atoms. The lowest BCUT2D eigenvalue weighted by molar-refractivity contribution is 0.101. The van der Waals surface area contributed by atoms with E-state index in [2.05, 4.69) is 9.80 Å². The number of carbonyl (C=O) groups excluding carboxylic acids is 1. The number of nitrogens with zero attached hydrogens (tertiary/aromatic N) is 2. The SMILES string of the molecule is Cc1c(CN2CCCCC2)c(O)c(CN2CCCCC2)c2c1C(=O)/C(=C/c1ccccc1F)O2. The van der Waals surface area contributed by atoms with E-state index in [4.69, 9.17) is 4.74 Å². The van der Waals surface area contributed by atoms with E-state index in [0.29, 0.717) is 35.5 Å². The van der Waals surface area contributed by atoms with E-state index >= 15 is 0 Å². The number of rotatable bonds is 5. The van der Waals surface area contributed by atoms with Crippen molar-refractivity contribution in [2.45, 2.75) is 58.5 Å². The van der Waals surface area contributed by atoms with Crippen LogP contribution < -0.4 is 4.74 Å². The molecule has 2 fully saturated rings. The summed E-state index contributed by atoms with van der Waals surface area (Å²) >= 11 is 0. The number of ether oxygens (including phenoxy) is 1. The van der Waals surface area contributed by atoms with Crippen molar-refractivity contribution >= 4 is 11.9 Å². The van der Waals surface area contributed by atoms with Crippen LogP contribution in [0.25, 0.3) is 6.08 Å². The lowest BCUT2D eigenvalue weighted by atomic mass is 9.92. The van der Waals surface area contributed by atoms with Crippen LogP contribution in [0.1, 0.15) is 71.1 Å². The predicted molar refractivity (Wildman–Crippen MR) is 130 cm³/mol. The van der Waals surface area contributed by atoms with Crippen molar-refractivity contribution in [3.8, 4) is 11.5 Å². The number of Topliss-reactive ketones (excluding diaryl/α,β-unsaturated/α-hetero) is 1. The second-order valence-corrected chi connectivity index (χ2v) is 9.77. The lowest BCUT2D eigenvalue weighted by Crippen LogP contribution is -2.30. The Morgan fingerprint density at radius 3 is 2.15 bits per heavy atom. The molecule has 34 heavy (non-hydrogen) atoms. The number of hydrogen-bond acceptors (Lipinski definition) is 5. The fourth-order valence-corrected chi connectivity index (χ4v) is 5.46. The van der Waals surface area contributed by atoms with Crippen LogP contribution in [0.2, 0.25) is 0 Å². The molecule has 180 valence electrons. The summed E-state index contributed by atoms with van der Waals surface area (Å²) in [7, 11) is 0. The van der Waals surface area contributed by atoms with Gasteiger partial charge in [-0.25, -0.2) is 4.39 Å². The molecule has 0 amide bonds. The Morgan fingerprint density at radius 2 is 1.53 bits per heavy atom. The summed E-state index contributed by atoms with van der Waals surface area (Å²) in [5, 5.41) is 11.5. The van der Waals surface area contributed by atoms with E-state index < -0.39 is 5.82 Å². The fraction of sp³-hybridized carbons (Fsp3) is 0.464. The summed E-state index contributed by atoms with van der Waals surface area (Å²) in [6.07, 6.45) is 8.51. The maximum Gasteiger partial charge on any atom is 0.232 e. The summed E-state index contributed by atoms with van der Waals surface area (Å²) in [4.78, 5) is 18.2. The minimum atomic E-state index is -0.402. The van der Waals surface area contributed by atoms with Crippen molar-refractivity contribution in [1.82, 2.24) is 9.80 Å². The van der Waals surface area contributed by atoms with Gasteiger partial charge in [0.05, 0.1) is 11.1 Å². The van der Waals surface area contributed by atoms with Gasteiger partial charge in [-0.05, 0) is 76.5 Å². The summed E-state index contributed by atoms with van der Waals surface area (Å²) in [5.41, 5.74) is 3.09. The van der Waals surface area contributed by atoms with Gasteiger partial charge in [-0.15, -0.1) is 0 Å². The highest BCUT2D eigenvalue weighted by atomic mass is 19.1. The molecule has 2 saturated heterocycles. The zero-order valence-corrected chi connectivity index (χ0v) is 19.9. The molecule has 0 radical (unpaired) electrons. The van der Waals surface area contributed by atoms with Gasteiger partial charge in [0.2, 0.25) is 5.78 Å². The van der Waals surface area contributed by atoms with Crippen LogP contribution in [0.15, 0.2) is 30.0 Å². The van der Waals surface area contributed by atoms with E-state index in [1.165, 1.54) is 25.0 Å². The largest absolute Gasteiger partial charge is 0.507 e. The summed E-state index contributed by atoms with van der Waals surface area (Å²) < 4.78 is 20.4. The number of allylic oxidation sites excluding steroid dienone is 1. The number of halogens is 1. The van der Waals surface area contributed by atoms with Crippen molar-refractivity contribution in [2.75, 3.05) is 26.2 Å². The Labute approximate surface area is 200 Å². The Morgan fingerprint density at radius 1 is 0.941 bits per heavy atom. The van der Waals surface area contributed by atoms with E-state index in [1.54, 1.807) is 18.2 Å². The number of piperidine rings is 2. The molecule has 0 saturated carbocycles. The molecule has 0 atom stereocenters. The van der Waals surface area contributed by atoms with E-state index in [1.807, 2.05) is 6.92 Å². The number of phenols is 1. The number of benzene rings is 2. The number of aromatic hydroxyl groups is 1. The van der Waals surface area contributed by atoms with Crippen LogP contribution >= 0.6 is 0 Å². The quantitative estimate of drug-likeness (QED) is 0.598. The van der Waals surface area contributed by atoms with Gasteiger partial charge in [-0.1, -0.05) is 31.0 Å². The van der Waals surface area contributed by atoms with Crippen molar-refractivity contribution in [2.24, 2.45) is 0 Å². The number of ketones is 1. The third-order valence-corrected chi connectivity index (χ3v) is 7.42. The first-order valence-corrected chi connectivity index (χ1v) is 12.5. The predicted octanol–water partition coefficient (Wildman–Crippen LogP) is 5.43. The van der Waals surface area contributed by atoms with Crippen molar-refractivity contribution < 1.29 is 19.0 Å². The van der Waals surface area contributed by atoms with Crippen molar-refractivity contribution in [3.63, 3.8) is 0 Å². The third-order valence-electron chi connectivity index (χ3n) is 7.42. The average molecular weight is 465 g/mol. The van der Waals surface area contributed by atoms with Crippen LogP contribution in [0.3, 0.4) is 0 Å². The van der Waals surface area contributed by atoms with E-state index in [9.17, 15) is 14.3 Å². The van der Waals surface area contributed by atoms with Gasteiger partial charge < -0.3 is 9.84 Å². The molecule has 2 aromatic carbocycles. The average Bonchev–Trinajstić information content (AvgIpc) is 3.18. The minimum absolute atomic E-state index is 0.109. The molecule has 5 nitrogen and oxygen atoms in total. The Balaban J connectivity index is 1.56. The van der Waals surface area contributed by atoms with Crippen molar-refractivity contribution in [1.29, 1.82) is 0 Å². The van der Waals surface area contributed by atoms with Crippen LogP contribution in [0, 0.1) is 12.7 Å². The summed E-state index contributed by atoms with van der Waals surface area (Å²) in [6, 6.07) is 6.35. The lowest BCUT2D eigenvalue weighted by Gasteiger charge is -2.30. The highest BCUT2D eigenvalue weighted by Gasteiger charge is 2.36. The number of fused-ring (bicyclic) bond motifs is 1. The molecule has 2 aromatic rings.